The zero-order chi connectivity index (χ0) is 23.9. The first kappa shape index (κ1) is 21.0. The van der Waals surface area contributed by atoms with Gasteiger partial charge in [-0.05, 0) is 29.8 Å². The molecule has 1 aliphatic heterocycles. The van der Waals surface area contributed by atoms with Crippen LogP contribution >= 0.6 is 0 Å². The molecule has 4 heterocycles. The minimum absolute atomic E-state index is 0.208. The van der Waals surface area contributed by atoms with Crippen LogP contribution in [0, 0.1) is 0 Å². The summed E-state index contributed by atoms with van der Waals surface area (Å²) in [7, 11) is 1.59. The van der Waals surface area contributed by atoms with Crippen LogP contribution in [0.15, 0.2) is 70.0 Å². The topological polar surface area (TPSA) is 116 Å². The van der Waals surface area contributed by atoms with Crippen LogP contribution in [0.3, 0.4) is 0 Å². The fourth-order valence-electron chi connectivity index (χ4n) is 4.78. The highest BCUT2D eigenvalue weighted by atomic mass is 16.3. The first-order chi connectivity index (χ1) is 17.1. The fourth-order valence-corrected chi connectivity index (χ4v) is 4.78. The molecule has 0 spiro atoms. The molecular weight excluding hydrogens is 446 g/mol. The van der Waals surface area contributed by atoms with Crippen LogP contribution in [-0.4, -0.2) is 39.8 Å². The molecule has 3 aromatic heterocycles. The van der Waals surface area contributed by atoms with Gasteiger partial charge in [0.15, 0.2) is 17.7 Å². The predicted molar refractivity (Wildman–Crippen MR) is 130 cm³/mol. The summed E-state index contributed by atoms with van der Waals surface area (Å²) in [6.07, 6.45) is 3.33. The van der Waals surface area contributed by atoms with Crippen LogP contribution in [0.5, 0.6) is 0 Å². The molecule has 5 aromatic rings. The SMILES string of the molecule is CNC(=O)[C@H]1Cc2c([nH]c3ccccc23)CN1C(=O)c1occc1CNc1ccc2ncoc2c1. The molecule has 0 aliphatic carbocycles. The van der Waals surface area contributed by atoms with E-state index in [0.717, 1.165) is 33.4 Å². The number of oxazole rings is 1. The Bertz CT molecular complexity index is 1560. The van der Waals surface area contributed by atoms with Gasteiger partial charge >= 0.3 is 0 Å². The molecule has 1 aliphatic rings. The van der Waals surface area contributed by atoms with Gasteiger partial charge in [-0.1, -0.05) is 18.2 Å². The Balaban J connectivity index is 1.28. The van der Waals surface area contributed by atoms with Crippen LogP contribution in [-0.2, 0) is 24.3 Å². The zero-order valence-corrected chi connectivity index (χ0v) is 19.0. The standard InChI is InChI=1S/C26H23N5O4/c1-27-25(32)22-11-18-17-4-2-3-5-19(17)30-21(18)13-31(22)26(33)24-15(8-9-34-24)12-28-16-6-7-20-23(10-16)35-14-29-20/h2-10,14,22,28,30H,11-13H2,1H3,(H,27,32)/t22-/m1/s1. The number of anilines is 1. The van der Waals surface area contributed by atoms with Crippen molar-refractivity contribution in [3.8, 4) is 0 Å². The van der Waals surface area contributed by atoms with Gasteiger partial charge in [0, 0.05) is 53.9 Å². The van der Waals surface area contributed by atoms with Gasteiger partial charge in [0.1, 0.15) is 11.6 Å². The van der Waals surface area contributed by atoms with Gasteiger partial charge in [-0.2, -0.15) is 0 Å². The maximum absolute atomic E-state index is 13.7. The number of hydrogen-bond donors (Lipinski definition) is 3. The molecule has 2 amide bonds. The number of fused-ring (bicyclic) bond motifs is 4. The number of H-pyrrole nitrogens is 1. The molecule has 0 radical (unpaired) electrons. The molecule has 6 rings (SSSR count). The van der Waals surface area contributed by atoms with Crippen molar-refractivity contribution in [3.05, 3.63) is 83.8 Å². The molecule has 9 nitrogen and oxygen atoms in total. The lowest BCUT2D eigenvalue weighted by atomic mass is 9.95. The monoisotopic (exact) mass is 469 g/mol. The number of carbonyl (C=O) groups is 2. The third-order valence-electron chi connectivity index (χ3n) is 6.57. The third-order valence-corrected chi connectivity index (χ3v) is 6.57. The number of nitrogens with zero attached hydrogens (tertiary/aromatic N) is 2. The number of rotatable bonds is 5. The molecule has 0 unspecified atom stereocenters. The van der Waals surface area contributed by atoms with Crippen molar-refractivity contribution in [2.75, 3.05) is 12.4 Å². The lowest BCUT2D eigenvalue weighted by Gasteiger charge is -2.34. The zero-order valence-electron chi connectivity index (χ0n) is 19.0. The molecule has 0 saturated carbocycles. The molecule has 0 saturated heterocycles. The Morgan fingerprint density at radius 1 is 1.17 bits per heavy atom. The van der Waals surface area contributed by atoms with Crippen LogP contribution in [0.25, 0.3) is 22.0 Å². The van der Waals surface area contributed by atoms with E-state index in [9.17, 15) is 9.59 Å². The summed E-state index contributed by atoms with van der Waals surface area (Å²) in [5.74, 6) is -0.317. The lowest BCUT2D eigenvalue weighted by molar-refractivity contribution is -0.125. The van der Waals surface area contributed by atoms with E-state index in [1.165, 1.54) is 12.7 Å². The molecule has 176 valence electrons. The van der Waals surface area contributed by atoms with Gasteiger partial charge in [0.05, 0.1) is 12.8 Å². The number of hydrogen-bond acceptors (Lipinski definition) is 6. The second kappa shape index (κ2) is 8.35. The molecule has 2 aromatic carbocycles. The number of para-hydroxylation sites is 1. The predicted octanol–water partition coefficient (Wildman–Crippen LogP) is 3.83. The Morgan fingerprint density at radius 3 is 2.94 bits per heavy atom. The Hall–Kier alpha value is -4.53. The quantitative estimate of drug-likeness (QED) is 0.360. The highest BCUT2D eigenvalue weighted by Gasteiger charge is 2.38. The van der Waals surface area contributed by atoms with Gasteiger partial charge in [0.2, 0.25) is 5.91 Å². The maximum atomic E-state index is 13.7. The molecule has 35 heavy (non-hydrogen) atoms. The van der Waals surface area contributed by atoms with Crippen molar-refractivity contribution in [3.63, 3.8) is 0 Å². The number of aromatic amines is 1. The smallest absolute Gasteiger partial charge is 0.290 e. The van der Waals surface area contributed by atoms with Crippen LogP contribution in [0.4, 0.5) is 5.69 Å². The van der Waals surface area contributed by atoms with E-state index in [2.05, 4.69) is 20.6 Å². The van der Waals surface area contributed by atoms with Crippen molar-refractivity contribution in [1.29, 1.82) is 0 Å². The summed E-state index contributed by atoms with van der Waals surface area (Å²) in [5, 5.41) is 7.09. The highest BCUT2D eigenvalue weighted by molar-refractivity contribution is 5.98. The van der Waals surface area contributed by atoms with Gasteiger partial charge in [-0.15, -0.1) is 0 Å². The second-order valence-electron chi connectivity index (χ2n) is 8.56. The molecule has 0 fully saturated rings. The Kier molecular flexibility index (Phi) is 5.02. The van der Waals surface area contributed by atoms with Crippen LogP contribution < -0.4 is 10.6 Å². The van der Waals surface area contributed by atoms with Gasteiger partial charge < -0.3 is 29.4 Å². The highest BCUT2D eigenvalue weighted by Crippen LogP contribution is 2.32. The van der Waals surface area contributed by atoms with Crippen molar-refractivity contribution in [1.82, 2.24) is 20.2 Å². The second-order valence-corrected chi connectivity index (χ2v) is 8.56. The number of furan rings is 1. The molecule has 9 heteroatoms. The van der Waals surface area contributed by atoms with Crippen molar-refractivity contribution >= 4 is 39.5 Å². The Morgan fingerprint density at radius 2 is 2.06 bits per heavy atom. The van der Waals surface area contributed by atoms with E-state index < -0.39 is 6.04 Å². The van der Waals surface area contributed by atoms with Crippen molar-refractivity contribution in [2.24, 2.45) is 0 Å². The first-order valence-corrected chi connectivity index (χ1v) is 11.4. The van der Waals surface area contributed by atoms with Crippen LogP contribution in [0.2, 0.25) is 0 Å². The fraction of sp³-hybridized carbons (Fsp3) is 0.192. The summed E-state index contributed by atoms with van der Waals surface area (Å²) in [4.78, 5) is 35.6. The summed E-state index contributed by atoms with van der Waals surface area (Å²) < 4.78 is 11.0. The average Bonchev–Trinajstić information content (AvgIpc) is 3.63. The number of carbonyl (C=O) groups excluding carboxylic acids is 2. The van der Waals surface area contributed by atoms with E-state index in [-0.39, 0.29) is 24.1 Å². The van der Waals surface area contributed by atoms with E-state index in [0.29, 0.717) is 24.1 Å². The largest absolute Gasteiger partial charge is 0.459 e. The van der Waals surface area contributed by atoms with Gasteiger partial charge in [-0.3, -0.25) is 9.59 Å². The minimum Gasteiger partial charge on any atom is -0.459 e. The molecular formula is C26H23N5O4. The number of nitrogens with one attached hydrogen (secondary N) is 3. The molecule has 1 atom stereocenters. The van der Waals surface area contributed by atoms with Crippen LogP contribution in [0.1, 0.15) is 27.4 Å². The van der Waals surface area contributed by atoms with Crippen molar-refractivity contribution < 1.29 is 18.4 Å². The Labute approximate surface area is 200 Å². The van der Waals surface area contributed by atoms with Crippen molar-refractivity contribution in [2.45, 2.75) is 25.6 Å². The minimum atomic E-state index is -0.640. The summed E-state index contributed by atoms with van der Waals surface area (Å²) in [6.45, 7) is 0.657. The van der Waals surface area contributed by atoms with E-state index in [4.69, 9.17) is 8.83 Å². The summed E-state index contributed by atoms with van der Waals surface area (Å²) in [5.41, 5.74) is 5.98. The van der Waals surface area contributed by atoms with Gasteiger partial charge in [0.25, 0.3) is 5.91 Å². The third kappa shape index (κ3) is 3.61. The van der Waals surface area contributed by atoms with E-state index in [1.807, 2.05) is 42.5 Å². The lowest BCUT2D eigenvalue weighted by Crippen LogP contribution is -2.52. The number of benzene rings is 2. The van der Waals surface area contributed by atoms with E-state index >= 15 is 0 Å². The summed E-state index contributed by atoms with van der Waals surface area (Å²) in [6, 6.07) is 14.7. The van der Waals surface area contributed by atoms with Gasteiger partial charge in [-0.25, -0.2) is 4.98 Å². The molecule has 3 N–H and O–H groups in total. The molecule has 0 bridgehead atoms. The normalized spacial score (nSPS) is 15.3. The first-order valence-electron chi connectivity index (χ1n) is 11.4. The average molecular weight is 470 g/mol. The summed E-state index contributed by atoms with van der Waals surface area (Å²) >= 11 is 0. The number of aromatic nitrogens is 2. The number of likely N-dealkylation sites (N-methyl/N-ethyl adjacent to an activating group) is 1. The number of amides is 2. The van der Waals surface area contributed by atoms with E-state index in [1.54, 1.807) is 18.0 Å². The maximum Gasteiger partial charge on any atom is 0.290 e.